The van der Waals surface area contributed by atoms with Gasteiger partial charge >= 0.3 is 5.97 Å². The minimum Gasteiger partial charge on any atom is -0.427 e. The summed E-state index contributed by atoms with van der Waals surface area (Å²) < 4.78 is 5.07. The molecule has 4 heterocycles. The molecule has 2 saturated heterocycles. The molecule has 0 bridgehead atoms. The average Bonchev–Trinajstić information content (AvgIpc) is 3.56. The second-order valence-corrected chi connectivity index (χ2v) is 9.72. The zero-order valence-electron chi connectivity index (χ0n) is 18.7. The van der Waals surface area contributed by atoms with Crippen LogP contribution >= 0.6 is 11.3 Å². The van der Waals surface area contributed by atoms with Gasteiger partial charge in [-0.05, 0) is 52.9 Å². The number of rotatable bonds is 4. The van der Waals surface area contributed by atoms with E-state index >= 15 is 0 Å². The Labute approximate surface area is 205 Å². The largest absolute Gasteiger partial charge is 0.427 e. The molecular formula is C27H20N2O5S. The van der Waals surface area contributed by atoms with E-state index in [1.54, 1.807) is 30.3 Å². The molecule has 3 aromatic rings. The number of carbonyl (C=O) groups excluding carboxylic acids is 4. The fraction of sp³-hybridized carbons (Fsp3) is 0.185. The van der Waals surface area contributed by atoms with E-state index in [1.807, 2.05) is 52.9 Å². The van der Waals surface area contributed by atoms with E-state index in [2.05, 4.69) is 0 Å². The molecule has 6 rings (SSSR count). The maximum absolute atomic E-state index is 13.8. The number of hydrogen-bond donors (Lipinski definition) is 0. The van der Waals surface area contributed by atoms with E-state index in [0.717, 1.165) is 11.1 Å². The highest BCUT2D eigenvalue weighted by atomic mass is 32.1. The molecule has 1 aromatic heterocycles. The number of esters is 1. The molecule has 174 valence electrons. The number of Topliss-reactive ketones (excluding diaryl/α,β-unsaturated/α-hetero) is 1. The second-order valence-electron chi connectivity index (χ2n) is 8.77. The fourth-order valence-corrected chi connectivity index (χ4v) is 6.20. The predicted molar refractivity (Wildman–Crippen MR) is 130 cm³/mol. The van der Waals surface area contributed by atoms with Crippen molar-refractivity contribution in [1.29, 1.82) is 0 Å². The number of ketones is 1. The first-order valence-electron chi connectivity index (χ1n) is 11.2. The smallest absolute Gasteiger partial charge is 0.308 e. The van der Waals surface area contributed by atoms with Gasteiger partial charge in [0.05, 0.1) is 28.4 Å². The number of nitrogens with zero attached hydrogens (tertiary/aromatic N) is 2. The highest BCUT2D eigenvalue weighted by Crippen LogP contribution is 2.53. The number of anilines is 1. The number of carbonyl (C=O) groups is 4. The summed E-state index contributed by atoms with van der Waals surface area (Å²) in [5.41, 5.74) is 2.29. The Bertz CT molecular complexity index is 1400. The Morgan fingerprint density at radius 3 is 2.37 bits per heavy atom. The number of thiophene rings is 1. The first kappa shape index (κ1) is 21.5. The fourth-order valence-electron chi connectivity index (χ4n) is 5.51. The van der Waals surface area contributed by atoms with Gasteiger partial charge in [-0.25, -0.2) is 4.90 Å². The summed E-state index contributed by atoms with van der Waals surface area (Å²) in [4.78, 5) is 56.2. The number of amides is 2. The van der Waals surface area contributed by atoms with Crippen molar-refractivity contribution < 1.29 is 23.9 Å². The van der Waals surface area contributed by atoms with Crippen molar-refractivity contribution in [2.75, 3.05) is 4.90 Å². The maximum Gasteiger partial charge on any atom is 0.308 e. The highest BCUT2D eigenvalue weighted by Gasteiger charge is 2.64. The van der Waals surface area contributed by atoms with Crippen LogP contribution in [0.5, 0.6) is 5.75 Å². The molecule has 7 nitrogen and oxygen atoms in total. The first-order valence-corrected chi connectivity index (χ1v) is 12.1. The molecule has 0 aliphatic carbocycles. The quantitative estimate of drug-likeness (QED) is 0.240. The topological polar surface area (TPSA) is 84.0 Å². The standard InChI is InChI=1S/C27H20N2O5S/c1-15(30)34-18-10-8-17(9-11-18)29-26(32)21-22(27(29)33)24(25(31)20-7-4-14-35-20)28-13-12-16-5-2-3-6-19(16)23(21)28/h2-14,21-24H,1H3. The SMILES string of the molecule is CC(=O)Oc1ccc(N2C(=O)C3C(C2=O)C2c4ccccc4C=CN2C3C(=O)c2cccs2)cc1. The molecule has 0 spiro atoms. The Kier molecular flexibility index (Phi) is 4.93. The third-order valence-corrected chi connectivity index (χ3v) is 7.74. The van der Waals surface area contributed by atoms with Crippen molar-refractivity contribution in [3.63, 3.8) is 0 Å². The summed E-state index contributed by atoms with van der Waals surface area (Å²) >= 11 is 1.33. The van der Waals surface area contributed by atoms with E-state index in [4.69, 9.17) is 4.74 Å². The van der Waals surface area contributed by atoms with Crippen molar-refractivity contribution in [2.45, 2.75) is 19.0 Å². The Morgan fingerprint density at radius 2 is 1.66 bits per heavy atom. The van der Waals surface area contributed by atoms with Crippen LogP contribution in [-0.4, -0.2) is 34.5 Å². The van der Waals surface area contributed by atoms with Gasteiger partial charge in [0.15, 0.2) is 5.78 Å². The van der Waals surface area contributed by atoms with Crippen LogP contribution in [0.4, 0.5) is 5.69 Å². The van der Waals surface area contributed by atoms with Crippen LogP contribution in [-0.2, 0) is 14.4 Å². The molecule has 35 heavy (non-hydrogen) atoms. The molecule has 0 saturated carbocycles. The zero-order chi connectivity index (χ0) is 24.3. The van der Waals surface area contributed by atoms with Crippen LogP contribution in [0.3, 0.4) is 0 Å². The van der Waals surface area contributed by atoms with Crippen LogP contribution in [0.1, 0.15) is 33.8 Å². The number of benzene rings is 2. The Balaban J connectivity index is 1.44. The molecule has 0 N–H and O–H groups in total. The van der Waals surface area contributed by atoms with Gasteiger partial charge in [0, 0.05) is 13.1 Å². The highest BCUT2D eigenvalue weighted by molar-refractivity contribution is 7.12. The second kappa shape index (κ2) is 8.02. The van der Waals surface area contributed by atoms with Crippen molar-refractivity contribution >= 4 is 46.7 Å². The van der Waals surface area contributed by atoms with Gasteiger partial charge in [-0.3, -0.25) is 19.2 Å². The Hall–Kier alpha value is -4.04. The number of hydrogen-bond acceptors (Lipinski definition) is 7. The molecule has 2 amide bonds. The zero-order valence-corrected chi connectivity index (χ0v) is 19.5. The minimum atomic E-state index is -0.814. The van der Waals surface area contributed by atoms with Crippen molar-refractivity contribution in [2.24, 2.45) is 11.8 Å². The van der Waals surface area contributed by atoms with Crippen LogP contribution in [0.2, 0.25) is 0 Å². The molecular weight excluding hydrogens is 464 g/mol. The van der Waals surface area contributed by atoms with Crippen LogP contribution in [0, 0.1) is 11.8 Å². The summed E-state index contributed by atoms with van der Waals surface area (Å²) in [5, 5.41) is 1.83. The molecule has 2 fully saturated rings. The minimum absolute atomic E-state index is 0.158. The van der Waals surface area contributed by atoms with E-state index in [0.29, 0.717) is 16.3 Å². The predicted octanol–water partition coefficient (Wildman–Crippen LogP) is 4.07. The molecule has 3 aliphatic heterocycles. The van der Waals surface area contributed by atoms with Gasteiger partial charge in [0.2, 0.25) is 11.8 Å². The number of imide groups is 1. The van der Waals surface area contributed by atoms with E-state index in [1.165, 1.54) is 23.2 Å². The van der Waals surface area contributed by atoms with Gasteiger partial charge in [0.1, 0.15) is 11.8 Å². The lowest BCUT2D eigenvalue weighted by Crippen LogP contribution is -2.44. The maximum atomic E-state index is 13.8. The van der Waals surface area contributed by atoms with E-state index in [9.17, 15) is 19.2 Å². The molecule has 0 radical (unpaired) electrons. The average molecular weight is 485 g/mol. The summed E-state index contributed by atoms with van der Waals surface area (Å²) in [6, 6.07) is 16.4. The van der Waals surface area contributed by atoms with Gasteiger partial charge in [-0.2, -0.15) is 0 Å². The molecule has 2 aromatic carbocycles. The van der Waals surface area contributed by atoms with Gasteiger partial charge in [-0.15, -0.1) is 11.3 Å². The molecule has 8 heteroatoms. The Morgan fingerprint density at radius 1 is 0.914 bits per heavy atom. The van der Waals surface area contributed by atoms with Crippen LogP contribution in [0.25, 0.3) is 6.08 Å². The third kappa shape index (κ3) is 3.24. The van der Waals surface area contributed by atoms with Gasteiger partial charge < -0.3 is 9.64 Å². The summed E-state index contributed by atoms with van der Waals surface area (Å²) in [5.74, 6) is -2.53. The summed E-state index contributed by atoms with van der Waals surface area (Å²) in [6.45, 7) is 1.30. The van der Waals surface area contributed by atoms with Gasteiger partial charge in [0.25, 0.3) is 0 Å². The molecule has 4 atom stereocenters. The lowest BCUT2D eigenvalue weighted by Gasteiger charge is -2.35. The lowest BCUT2D eigenvalue weighted by atomic mass is 9.84. The first-order chi connectivity index (χ1) is 17.0. The normalized spacial score (nSPS) is 24.3. The number of fused-ring (bicyclic) bond motifs is 5. The van der Waals surface area contributed by atoms with Crippen molar-refractivity contribution in [3.05, 3.63) is 88.2 Å². The van der Waals surface area contributed by atoms with Crippen LogP contribution < -0.4 is 9.64 Å². The third-order valence-electron chi connectivity index (χ3n) is 6.85. The van der Waals surface area contributed by atoms with Gasteiger partial charge in [-0.1, -0.05) is 30.3 Å². The van der Waals surface area contributed by atoms with Crippen LogP contribution in [0.15, 0.2) is 72.2 Å². The van der Waals surface area contributed by atoms with E-state index in [-0.39, 0.29) is 11.7 Å². The monoisotopic (exact) mass is 484 g/mol. The van der Waals surface area contributed by atoms with Crippen molar-refractivity contribution in [1.82, 2.24) is 4.90 Å². The number of ether oxygens (including phenoxy) is 1. The lowest BCUT2D eigenvalue weighted by molar-refractivity contribution is -0.132. The summed E-state index contributed by atoms with van der Waals surface area (Å²) in [7, 11) is 0. The molecule has 3 aliphatic rings. The summed E-state index contributed by atoms with van der Waals surface area (Å²) in [6.07, 6.45) is 3.78. The van der Waals surface area contributed by atoms with Crippen molar-refractivity contribution in [3.8, 4) is 5.75 Å². The van der Waals surface area contributed by atoms with E-state index < -0.39 is 35.8 Å². The molecule has 4 unspecified atom stereocenters.